The average Bonchev–Trinajstić information content (AvgIpc) is 3.13. The Hall–Kier alpha value is -0.570. The molecular weight excluding hydrogens is 252 g/mol. The van der Waals surface area contributed by atoms with Crippen molar-refractivity contribution in [3.05, 3.63) is 0 Å². The maximum atomic E-state index is 12.2. The predicted molar refractivity (Wildman–Crippen MR) is 79.4 cm³/mol. The summed E-state index contributed by atoms with van der Waals surface area (Å²) in [5.41, 5.74) is -0.345. The Bertz CT molecular complexity index is 335. The number of hydrogen-bond donors (Lipinski definition) is 0. The zero-order valence-corrected chi connectivity index (χ0v) is 13.5. The van der Waals surface area contributed by atoms with Gasteiger partial charge in [0.15, 0.2) is 0 Å². The Kier molecular flexibility index (Phi) is 5.11. The second-order valence-corrected chi connectivity index (χ2v) is 7.66. The molecule has 3 heteroatoms. The zero-order valence-electron chi connectivity index (χ0n) is 13.5. The summed E-state index contributed by atoms with van der Waals surface area (Å²) in [6.45, 7) is 9.05. The van der Waals surface area contributed by atoms with E-state index in [0.29, 0.717) is 30.7 Å². The monoisotopic (exact) mass is 282 g/mol. The van der Waals surface area contributed by atoms with Crippen LogP contribution >= 0.6 is 0 Å². The van der Waals surface area contributed by atoms with Gasteiger partial charge in [0, 0.05) is 0 Å². The van der Waals surface area contributed by atoms with E-state index in [0.717, 1.165) is 32.1 Å². The lowest BCUT2D eigenvalue weighted by atomic mass is 9.86. The summed E-state index contributed by atoms with van der Waals surface area (Å²) in [5.74, 6) is 1.19. The van der Waals surface area contributed by atoms with E-state index in [2.05, 4.69) is 13.8 Å². The maximum absolute atomic E-state index is 12.2. The SMILES string of the molecule is CC(C)CCCC(C)(C)C(=O)OCC1CCC2OC2C1. The van der Waals surface area contributed by atoms with E-state index in [4.69, 9.17) is 9.47 Å². The van der Waals surface area contributed by atoms with Crippen molar-refractivity contribution in [2.24, 2.45) is 17.3 Å². The number of carbonyl (C=O) groups is 1. The van der Waals surface area contributed by atoms with Gasteiger partial charge in [-0.05, 0) is 51.4 Å². The molecule has 0 aromatic rings. The van der Waals surface area contributed by atoms with E-state index < -0.39 is 0 Å². The highest BCUT2D eigenvalue weighted by Crippen LogP contribution is 2.39. The van der Waals surface area contributed by atoms with Gasteiger partial charge in [0.2, 0.25) is 0 Å². The molecule has 1 saturated carbocycles. The largest absolute Gasteiger partial charge is 0.465 e. The van der Waals surface area contributed by atoms with E-state index in [1.165, 1.54) is 6.42 Å². The van der Waals surface area contributed by atoms with Crippen molar-refractivity contribution in [2.45, 2.75) is 78.4 Å². The summed E-state index contributed by atoms with van der Waals surface area (Å²) in [5, 5.41) is 0. The molecule has 2 fully saturated rings. The van der Waals surface area contributed by atoms with Crippen LogP contribution in [-0.2, 0) is 14.3 Å². The summed E-state index contributed by atoms with van der Waals surface area (Å²) in [6.07, 6.45) is 7.54. The van der Waals surface area contributed by atoms with Crippen LogP contribution in [0.15, 0.2) is 0 Å². The van der Waals surface area contributed by atoms with Crippen LogP contribution < -0.4 is 0 Å². The molecule has 1 heterocycles. The minimum atomic E-state index is -0.345. The molecule has 0 aromatic carbocycles. The molecule has 0 N–H and O–H groups in total. The molecule has 0 spiro atoms. The highest BCUT2D eigenvalue weighted by Gasteiger charge is 2.44. The smallest absolute Gasteiger partial charge is 0.311 e. The van der Waals surface area contributed by atoms with Crippen molar-refractivity contribution < 1.29 is 14.3 Å². The highest BCUT2D eigenvalue weighted by atomic mass is 16.6. The fourth-order valence-corrected chi connectivity index (χ4v) is 3.08. The van der Waals surface area contributed by atoms with E-state index in [1.807, 2.05) is 13.8 Å². The predicted octanol–water partition coefficient (Wildman–Crippen LogP) is 3.95. The molecule has 0 bridgehead atoms. The molecule has 116 valence electrons. The van der Waals surface area contributed by atoms with Crippen molar-refractivity contribution in [2.75, 3.05) is 6.61 Å². The van der Waals surface area contributed by atoms with Crippen molar-refractivity contribution in [1.29, 1.82) is 0 Å². The molecule has 3 nitrogen and oxygen atoms in total. The molecule has 20 heavy (non-hydrogen) atoms. The lowest BCUT2D eigenvalue weighted by Crippen LogP contribution is -2.29. The van der Waals surface area contributed by atoms with Gasteiger partial charge < -0.3 is 9.47 Å². The lowest BCUT2D eigenvalue weighted by molar-refractivity contribution is -0.156. The van der Waals surface area contributed by atoms with Crippen LogP contribution in [0, 0.1) is 17.3 Å². The fourth-order valence-electron chi connectivity index (χ4n) is 3.08. The number of epoxide rings is 1. The molecule has 1 aliphatic carbocycles. The number of fused-ring (bicyclic) bond motifs is 1. The molecule has 2 aliphatic rings. The Labute approximate surface area is 123 Å². The maximum Gasteiger partial charge on any atom is 0.311 e. The molecule has 3 atom stereocenters. The quantitative estimate of drug-likeness (QED) is 0.524. The number of esters is 1. The first-order valence-electron chi connectivity index (χ1n) is 8.21. The summed E-state index contributed by atoms with van der Waals surface area (Å²) in [4.78, 5) is 12.2. The van der Waals surface area contributed by atoms with Crippen LogP contribution in [0.25, 0.3) is 0 Å². The van der Waals surface area contributed by atoms with Gasteiger partial charge in [0.25, 0.3) is 0 Å². The Balaban J connectivity index is 1.66. The number of ether oxygens (including phenoxy) is 2. The highest BCUT2D eigenvalue weighted by molar-refractivity contribution is 5.75. The van der Waals surface area contributed by atoms with Crippen LogP contribution in [0.5, 0.6) is 0 Å². The molecule has 0 aromatic heterocycles. The first-order valence-corrected chi connectivity index (χ1v) is 8.21. The van der Waals surface area contributed by atoms with Crippen LogP contribution in [0.2, 0.25) is 0 Å². The third-order valence-corrected chi connectivity index (χ3v) is 4.70. The molecule has 3 unspecified atom stereocenters. The van der Waals surface area contributed by atoms with Gasteiger partial charge in [-0.1, -0.05) is 26.7 Å². The topological polar surface area (TPSA) is 38.8 Å². The number of rotatable bonds is 7. The second-order valence-electron chi connectivity index (χ2n) is 7.66. The van der Waals surface area contributed by atoms with Crippen molar-refractivity contribution >= 4 is 5.97 Å². The third kappa shape index (κ3) is 4.47. The first kappa shape index (κ1) is 15.8. The van der Waals surface area contributed by atoms with Gasteiger partial charge in [-0.3, -0.25) is 4.79 Å². The molecule has 1 saturated heterocycles. The normalized spacial score (nSPS) is 29.1. The van der Waals surface area contributed by atoms with Gasteiger partial charge in [0.1, 0.15) is 0 Å². The zero-order chi connectivity index (χ0) is 14.8. The number of hydrogen-bond acceptors (Lipinski definition) is 3. The summed E-state index contributed by atoms with van der Waals surface area (Å²) < 4.78 is 11.1. The van der Waals surface area contributed by atoms with Crippen molar-refractivity contribution in [1.82, 2.24) is 0 Å². The van der Waals surface area contributed by atoms with E-state index in [9.17, 15) is 4.79 Å². The summed E-state index contributed by atoms with van der Waals surface area (Å²) >= 11 is 0. The van der Waals surface area contributed by atoms with Crippen LogP contribution in [0.4, 0.5) is 0 Å². The van der Waals surface area contributed by atoms with Gasteiger partial charge >= 0.3 is 5.97 Å². The Morgan fingerprint density at radius 2 is 2.05 bits per heavy atom. The minimum Gasteiger partial charge on any atom is -0.465 e. The van der Waals surface area contributed by atoms with Crippen LogP contribution in [-0.4, -0.2) is 24.8 Å². The average molecular weight is 282 g/mol. The molecule has 0 amide bonds. The van der Waals surface area contributed by atoms with Gasteiger partial charge in [0.05, 0.1) is 24.2 Å². The summed E-state index contributed by atoms with van der Waals surface area (Å²) in [7, 11) is 0. The first-order chi connectivity index (χ1) is 9.38. The second kappa shape index (κ2) is 6.46. The molecule has 0 radical (unpaired) electrons. The van der Waals surface area contributed by atoms with Gasteiger partial charge in [-0.15, -0.1) is 0 Å². The van der Waals surface area contributed by atoms with Gasteiger partial charge in [-0.25, -0.2) is 0 Å². The standard InChI is InChI=1S/C17H30O3/c1-12(2)6-5-9-17(3,4)16(18)19-11-13-7-8-14-15(10-13)20-14/h12-15H,5-11H2,1-4H3. The molecule has 1 aliphatic heterocycles. The third-order valence-electron chi connectivity index (χ3n) is 4.70. The Morgan fingerprint density at radius 3 is 2.70 bits per heavy atom. The fraction of sp³-hybridized carbons (Fsp3) is 0.941. The van der Waals surface area contributed by atoms with Crippen LogP contribution in [0.1, 0.15) is 66.2 Å². The summed E-state index contributed by atoms with van der Waals surface area (Å²) in [6, 6.07) is 0. The minimum absolute atomic E-state index is 0.0277. The lowest BCUT2D eigenvalue weighted by Gasteiger charge is -2.25. The van der Waals surface area contributed by atoms with E-state index in [-0.39, 0.29) is 11.4 Å². The van der Waals surface area contributed by atoms with Gasteiger partial charge in [-0.2, -0.15) is 0 Å². The van der Waals surface area contributed by atoms with E-state index in [1.54, 1.807) is 0 Å². The van der Waals surface area contributed by atoms with Crippen molar-refractivity contribution in [3.8, 4) is 0 Å². The van der Waals surface area contributed by atoms with Crippen molar-refractivity contribution in [3.63, 3.8) is 0 Å². The van der Waals surface area contributed by atoms with E-state index >= 15 is 0 Å². The van der Waals surface area contributed by atoms with Crippen LogP contribution in [0.3, 0.4) is 0 Å². The Morgan fingerprint density at radius 1 is 1.30 bits per heavy atom. The number of carbonyl (C=O) groups excluding carboxylic acids is 1. The molecule has 2 rings (SSSR count). The molecular formula is C17H30O3.